The number of imide groups is 1. The molecule has 200 valence electrons. The lowest BCUT2D eigenvalue weighted by Crippen LogP contribution is -2.53. The lowest BCUT2D eigenvalue weighted by Gasteiger charge is -2.29. The minimum Gasteiger partial charge on any atom is -0.361 e. The van der Waals surface area contributed by atoms with Gasteiger partial charge in [0.05, 0.1) is 28.2 Å². The number of rotatable bonds is 4. The second-order valence-corrected chi connectivity index (χ2v) is 10.9. The third-order valence-electron chi connectivity index (χ3n) is 8.26. The second-order valence-electron chi connectivity index (χ2n) is 10.5. The van der Waals surface area contributed by atoms with Crippen molar-refractivity contribution in [3.8, 4) is 0 Å². The molecule has 3 aliphatic heterocycles. The third kappa shape index (κ3) is 3.38. The minimum absolute atomic E-state index is 0.228. The number of amides is 4. The first kappa shape index (κ1) is 24.6. The lowest BCUT2D eigenvalue weighted by molar-refractivity contribution is -0.130. The predicted molar refractivity (Wildman–Crippen MR) is 151 cm³/mol. The number of fused-ring (bicyclic) bond motifs is 5. The van der Waals surface area contributed by atoms with Crippen LogP contribution in [0.1, 0.15) is 18.1 Å². The van der Waals surface area contributed by atoms with Gasteiger partial charge < -0.3 is 15.6 Å². The monoisotopic (exact) mass is 553 g/mol. The van der Waals surface area contributed by atoms with Crippen molar-refractivity contribution in [3.05, 3.63) is 89.1 Å². The van der Waals surface area contributed by atoms with Gasteiger partial charge in [0.25, 0.3) is 0 Å². The van der Waals surface area contributed by atoms with E-state index in [-0.39, 0.29) is 11.8 Å². The summed E-state index contributed by atoms with van der Waals surface area (Å²) >= 11 is 6.46. The van der Waals surface area contributed by atoms with Gasteiger partial charge in [0.2, 0.25) is 23.6 Å². The fourth-order valence-corrected chi connectivity index (χ4v) is 6.88. The van der Waals surface area contributed by atoms with Crippen molar-refractivity contribution < 1.29 is 19.2 Å². The van der Waals surface area contributed by atoms with E-state index in [1.807, 2.05) is 30.5 Å². The molecule has 3 aromatic carbocycles. The van der Waals surface area contributed by atoms with Gasteiger partial charge in [0.1, 0.15) is 5.54 Å². The summed E-state index contributed by atoms with van der Waals surface area (Å²) in [5.74, 6) is -3.25. The third-order valence-corrected chi connectivity index (χ3v) is 8.57. The summed E-state index contributed by atoms with van der Waals surface area (Å²) in [4.78, 5) is 58.0. The Hall–Kier alpha value is -4.47. The summed E-state index contributed by atoms with van der Waals surface area (Å²) in [6, 6.07) is 19.1. The van der Waals surface area contributed by atoms with E-state index in [1.165, 1.54) is 11.8 Å². The van der Waals surface area contributed by atoms with Crippen molar-refractivity contribution in [3.63, 3.8) is 0 Å². The van der Waals surface area contributed by atoms with Crippen LogP contribution in [0.2, 0.25) is 5.02 Å². The van der Waals surface area contributed by atoms with Crippen molar-refractivity contribution in [1.29, 1.82) is 0 Å². The van der Waals surface area contributed by atoms with Gasteiger partial charge in [0, 0.05) is 41.3 Å². The molecule has 0 radical (unpaired) electrons. The highest BCUT2D eigenvalue weighted by Gasteiger charge is 2.70. The normalized spacial score (nSPS) is 25.0. The molecular formula is C30H24ClN5O4. The molecule has 4 amide bonds. The average Bonchev–Trinajstić information content (AvgIpc) is 3.64. The van der Waals surface area contributed by atoms with Crippen LogP contribution in [0.4, 0.5) is 17.1 Å². The molecule has 0 aliphatic carbocycles. The SMILES string of the molecule is CC(=O)Nc1ccc(N2C(=O)[C@@H]3[C@H](Cc4c[nH]c5ccccc45)N[C@@]4(C(=O)Nc5c(Cl)cccc54)[C@H]3C2=O)cc1. The van der Waals surface area contributed by atoms with Crippen molar-refractivity contribution in [1.82, 2.24) is 10.3 Å². The van der Waals surface area contributed by atoms with E-state index >= 15 is 0 Å². The summed E-state index contributed by atoms with van der Waals surface area (Å²) in [5.41, 5.74) is 2.42. The fourth-order valence-electron chi connectivity index (χ4n) is 6.66. The number of halogens is 1. The van der Waals surface area contributed by atoms with E-state index in [0.29, 0.717) is 34.1 Å². The van der Waals surface area contributed by atoms with Gasteiger partial charge in [-0.05, 0) is 48.4 Å². The Labute approximate surface area is 233 Å². The number of nitrogens with one attached hydrogen (secondary N) is 4. The molecule has 0 saturated carbocycles. The standard InChI is InChI=1S/C30H24ClN5O4/c1-15(37)33-17-9-11-18(12-10-17)36-27(38)24-23(13-16-14-32-22-8-3-2-5-19(16)22)35-30(25(24)28(36)39)20-6-4-7-21(31)26(20)34-29(30)40/h2-12,14,23-25,32,35H,13H2,1H3,(H,33,37)(H,34,40)/t23-,24+,25+,30+/m0/s1. The van der Waals surface area contributed by atoms with Crippen LogP contribution in [-0.2, 0) is 31.1 Å². The van der Waals surface area contributed by atoms with E-state index in [9.17, 15) is 19.2 Å². The Morgan fingerprint density at radius 1 is 1.00 bits per heavy atom. The second kappa shape index (κ2) is 8.77. The number of hydrogen-bond acceptors (Lipinski definition) is 5. The lowest BCUT2D eigenvalue weighted by atomic mass is 9.76. The highest BCUT2D eigenvalue weighted by atomic mass is 35.5. The number of para-hydroxylation sites is 2. The molecule has 7 rings (SSSR count). The Kier molecular flexibility index (Phi) is 5.39. The number of carbonyl (C=O) groups is 4. The Bertz CT molecular complexity index is 1750. The van der Waals surface area contributed by atoms with E-state index in [1.54, 1.807) is 42.5 Å². The number of hydrogen-bond donors (Lipinski definition) is 4. The first-order chi connectivity index (χ1) is 19.3. The van der Waals surface area contributed by atoms with Crippen LogP contribution >= 0.6 is 11.6 Å². The summed E-state index contributed by atoms with van der Waals surface area (Å²) in [6.07, 6.45) is 2.33. The predicted octanol–water partition coefficient (Wildman–Crippen LogP) is 3.95. The highest BCUT2D eigenvalue weighted by molar-refractivity contribution is 6.35. The van der Waals surface area contributed by atoms with Crippen molar-refractivity contribution >= 4 is 63.2 Å². The molecule has 10 heteroatoms. The van der Waals surface area contributed by atoms with Crippen LogP contribution in [-0.4, -0.2) is 34.7 Å². The number of anilines is 3. The summed E-state index contributed by atoms with van der Waals surface area (Å²) < 4.78 is 0. The first-order valence-electron chi connectivity index (χ1n) is 13.0. The number of aromatic nitrogens is 1. The van der Waals surface area contributed by atoms with Gasteiger partial charge in [0.15, 0.2) is 0 Å². The number of benzene rings is 3. The molecule has 4 aromatic rings. The Balaban J connectivity index is 1.34. The fraction of sp³-hybridized carbons (Fsp3) is 0.200. The van der Waals surface area contributed by atoms with Crippen molar-refractivity contribution in [2.45, 2.75) is 24.9 Å². The van der Waals surface area contributed by atoms with Gasteiger partial charge in [-0.2, -0.15) is 0 Å². The highest BCUT2D eigenvalue weighted by Crippen LogP contribution is 2.55. The van der Waals surface area contributed by atoms with E-state index in [0.717, 1.165) is 16.5 Å². The van der Waals surface area contributed by atoms with Crippen LogP contribution in [0.3, 0.4) is 0 Å². The van der Waals surface area contributed by atoms with Gasteiger partial charge >= 0.3 is 0 Å². The van der Waals surface area contributed by atoms with E-state index < -0.39 is 35.2 Å². The molecule has 1 spiro atoms. The Morgan fingerprint density at radius 3 is 2.55 bits per heavy atom. The molecule has 2 saturated heterocycles. The summed E-state index contributed by atoms with van der Waals surface area (Å²) in [7, 11) is 0. The molecule has 40 heavy (non-hydrogen) atoms. The average molecular weight is 554 g/mol. The maximum absolute atomic E-state index is 14.2. The largest absolute Gasteiger partial charge is 0.361 e. The van der Waals surface area contributed by atoms with Crippen molar-refractivity contribution in [2.24, 2.45) is 11.8 Å². The molecular weight excluding hydrogens is 530 g/mol. The van der Waals surface area contributed by atoms with Crippen LogP contribution in [0, 0.1) is 11.8 Å². The van der Waals surface area contributed by atoms with Gasteiger partial charge in [-0.1, -0.05) is 41.9 Å². The van der Waals surface area contributed by atoms with Crippen molar-refractivity contribution in [2.75, 3.05) is 15.5 Å². The zero-order valence-electron chi connectivity index (χ0n) is 21.3. The molecule has 4 N–H and O–H groups in total. The Morgan fingerprint density at radius 2 is 1.77 bits per heavy atom. The maximum Gasteiger partial charge on any atom is 0.250 e. The molecule has 4 atom stereocenters. The molecule has 4 heterocycles. The van der Waals surface area contributed by atoms with Crippen LogP contribution in [0.15, 0.2) is 72.9 Å². The molecule has 3 aliphatic rings. The van der Waals surface area contributed by atoms with Crippen LogP contribution < -0.4 is 20.9 Å². The number of H-pyrrole nitrogens is 1. The molecule has 0 unspecified atom stereocenters. The number of nitrogens with zero attached hydrogens (tertiary/aromatic N) is 1. The zero-order valence-corrected chi connectivity index (χ0v) is 22.1. The topological polar surface area (TPSA) is 123 Å². The summed E-state index contributed by atoms with van der Waals surface area (Å²) in [6.45, 7) is 1.40. The first-order valence-corrected chi connectivity index (χ1v) is 13.4. The summed E-state index contributed by atoms with van der Waals surface area (Å²) in [5, 5.41) is 10.4. The van der Waals surface area contributed by atoms with Crippen LogP contribution in [0.25, 0.3) is 10.9 Å². The van der Waals surface area contributed by atoms with Gasteiger partial charge in [-0.25, -0.2) is 4.90 Å². The number of carbonyl (C=O) groups excluding carboxylic acids is 4. The van der Waals surface area contributed by atoms with E-state index in [2.05, 4.69) is 20.9 Å². The molecule has 0 bridgehead atoms. The zero-order chi connectivity index (χ0) is 27.8. The number of aromatic amines is 1. The smallest absolute Gasteiger partial charge is 0.250 e. The minimum atomic E-state index is -1.46. The van der Waals surface area contributed by atoms with Gasteiger partial charge in [-0.3, -0.25) is 24.5 Å². The van der Waals surface area contributed by atoms with Crippen LogP contribution in [0.5, 0.6) is 0 Å². The quantitative estimate of drug-likeness (QED) is 0.285. The van der Waals surface area contributed by atoms with E-state index in [4.69, 9.17) is 11.6 Å². The molecule has 9 nitrogen and oxygen atoms in total. The molecule has 2 fully saturated rings. The van der Waals surface area contributed by atoms with Gasteiger partial charge in [-0.15, -0.1) is 0 Å². The maximum atomic E-state index is 14.2. The molecule has 1 aromatic heterocycles.